The van der Waals surface area contributed by atoms with Gasteiger partial charge in [0, 0.05) is 13.2 Å². The van der Waals surface area contributed by atoms with Crippen LogP contribution in [-0.2, 0) is 13.6 Å². The molecule has 0 spiro atoms. The summed E-state index contributed by atoms with van der Waals surface area (Å²) < 4.78 is 4.36. The van der Waals surface area contributed by atoms with Gasteiger partial charge in [0.05, 0.1) is 28.5 Å². The molecule has 2 aromatic heterocycles. The molecule has 104 valence electrons. The highest BCUT2D eigenvalue weighted by molar-refractivity contribution is 9.10. The van der Waals surface area contributed by atoms with Crippen molar-refractivity contribution in [3.8, 4) is 17.3 Å². The number of halogens is 1. The molecule has 0 aliphatic heterocycles. The lowest BCUT2D eigenvalue weighted by molar-refractivity contribution is 0.684. The average molecular weight is 342 g/mol. The minimum atomic E-state index is 0.398. The van der Waals surface area contributed by atoms with E-state index in [2.05, 4.69) is 32.2 Å². The summed E-state index contributed by atoms with van der Waals surface area (Å²) in [6.45, 7) is 0.630. The lowest BCUT2D eigenvalue weighted by atomic mass is 10.2. The van der Waals surface area contributed by atoms with E-state index in [9.17, 15) is 5.26 Å². The molecule has 0 aliphatic carbocycles. The number of benzene rings is 1. The third-order valence-corrected chi connectivity index (χ3v) is 3.78. The molecule has 0 aliphatic rings. The fraction of sp³-hybridized carbons (Fsp3) is 0.133. The van der Waals surface area contributed by atoms with Crippen molar-refractivity contribution in [3.05, 3.63) is 58.5 Å². The zero-order chi connectivity index (χ0) is 14.8. The van der Waals surface area contributed by atoms with Gasteiger partial charge in [-0.05, 0) is 21.5 Å². The summed E-state index contributed by atoms with van der Waals surface area (Å²) in [6.07, 6.45) is 3.60. The molecule has 0 unspecified atom stereocenters. The monoisotopic (exact) mass is 341 g/mol. The van der Waals surface area contributed by atoms with Crippen molar-refractivity contribution < 1.29 is 0 Å². The van der Waals surface area contributed by atoms with Crippen LogP contribution < -0.4 is 0 Å². The van der Waals surface area contributed by atoms with Crippen molar-refractivity contribution in [2.24, 2.45) is 7.05 Å². The Morgan fingerprint density at radius 3 is 2.67 bits per heavy atom. The van der Waals surface area contributed by atoms with Crippen molar-refractivity contribution in [3.63, 3.8) is 0 Å². The highest BCUT2D eigenvalue weighted by Gasteiger charge is 2.17. The first-order valence-electron chi connectivity index (χ1n) is 6.38. The molecule has 6 heteroatoms. The van der Waals surface area contributed by atoms with Gasteiger partial charge >= 0.3 is 0 Å². The molecule has 3 rings (SSSR count). The minimum absolute atomic E-state index is 0.398. The fourth-order valence-electron chi connectivity index (χ4n) is 2.24. The molecule has 1 aromatic carbocycles. The van der Waals surface area contributed by atoms with Crippen molar-refractivity contribution in [2.75, 3.05) is 0 Å². The SMILES string of the molecule is Cn1ncc(Br)c1-c1cn(Cc2ccccc2)nc1C#N. The van der Waals surface area contributed by atoms with Crippen LogP contribution >= 0.6 is 15.9 Å². The summed E-state index contributed by atoms with van der Waals surface area (Å²) in [4.78, 5) is 0. The fourth-order valence-corrected chi connectivity index (χ4v) is 2.80. The second-order valence-electron chi connectivity index (χ2n) is 4.65. The molecular weight excluding hydrogens is 330 g/mol. The summed E-state index contributed by atoms with van der Waals surface area (Å²) in [5.41, 5.74) is 3.17. The lowest BCUT2D eigenvalue weighted by Crippen LogP contribution is -2.00. The number of hydrogen-bond donors (Lipinski definition) is 0. The van der Waals surface area contributed by atoms with Gasteiger partial charge < -0.3 is 0 Å². The van der Waals surface area contributed by atoms with E-state index in [0.29, 0.717) is 12.2 Å². The normalized spacial score (nSPS) is 10.5. The van der Waals surface area contributed by atoms with Crippen LogP contribution in [0.25, 0.3) is 11.3 Å². The van der Waals surface area contributed by atoms with Crippen molar-refractivity contribution in [1.29, 1.82) is 5.26 Å². The quantitative estimate of drug-likeness (QED) is 0.735. The molecule has 0 saturated heterocycles. The van der Waals surface area contributed by atoms with Crippen LogP contribution in [0.3, 0.4) is 0 Å². The van der Waals surface area contributed by atoms with E-state index in [4.69, 9.17) is 0 Å². The van der Waals surface area contributed by atoms with Gasteiger partial charge in [-0.15, -0.1) is 0 Å². The van der Waals surface area contributed by atoms with E-state index in [-0.39, 0.29) is 0 Å². The van der Waals surface area contributed by atoms with Gasteiger partial charge in [0.25, 0.3) is 0 Å². The van der Waals surface area contributed by atoms with Crippen LogP contribution in [0.1, 0.15) is 11.3 Å². The number of hydrogen-bond acceptors (Lipinski definition) is 3. The minimum Gasteiger partial charge on any atom is -0.267 e. The lowest BCUT2D eigenvalue weighted by Gasteiger charge is -2.01. The predicted molar refractivity (Wildman–Crippen MR) is 82.4 cm³/mol. The maximum Gasteiger partial charge on any atom is 0.171 e. The summed E-state index contributed by atoms with van der Waals surface area (Å²) in [5.74, 6) is 0. The van der Waals surface area contributed by atoms with E-state index in [0.717, 1.165) is 21.3 Å². The Morgan fingerprint density at radius 2 is 2.05 bits per heavy atom. The second-order valence-corrected chi connectivity index (χ2v) is 5.51. The van der Waals surface area contributed by atoms with E-state index in [1.54, 1.807) is 15.6 Å². The van der Waals surface area contributed by atoms with Gasteiger partial charge in [0.15, 0.2) is 5.69 Å². The van der Waals surface area contributed by atoms with E-state index >= 15 is 0 Å². The largest absolute Gasteiger partial charge is 0.267 e. The molecule has 0 bridgehead atoms. The first kappa shape index (κ1) is 13.6. The van der Waals surface area contributed by atoms with Gasteiger partial charge in [0.1, 0.15) is 6.07 Å². The number of nitrogens with zero attached hydrogens (tertiary/aromatic N) is 5. The zero-order valence-electron chi connectivity index (χ0n) is 11.4. The van der Waals surface area contributed by atoms with Gasteiger partial charge in [-0.2, -0.15) is 15.5 Å². The standard InChI is InChI=1S/C15H12BrN5/c1-20-15(13(16)8-18-20)12-10-21(19-14(12)7-17)9-11-5-3-2-4-6-11/h2-6,8,10H,9H2,1H3. The Labute approximate surface area is 130 Å². The number of nitriles is 1. The van der Waals surface area contributed by atoms with Gasteiger partial charge in [-0.25, -0.2) is 0 Å². The Kier molecular flexibility index (Phi) is 3.59. The van der Waals surface area contributed by atoms with Crippen LogP contribution in [0.15, 0.2) is 47.2 Å². The van der Waals surface area contributed by atoms with E-state index in [1.165, 1.54) is 0 Å². The molecule has 0 amide bonds. The molecule has 5 nitrogen and oxygen atoms in total. The molecule has 3 aromatic rings. The van der Waals surface area contributed by atoms with E-state index in [1.807, 2.05) is 43.6 Å². The molecule has 0 saturated carbocycles. The molecular formula is C15H12BrN5. The zero-order valence-corrected chi connectivity index (χ0v) is 12.9. The first-order chi connectivity index (χ1) is 10.2. The summed E-state index contributed by atoms with van der Waals surface area (Å²) >= 11 is 3.46. The van der Waals surface area contributed by atoms with Gasteiger partial charge in [-0.1, -0.05) is 30.3 Å². The molecule has 2 heterocycles. The maximum absolute atomic E-state index is 9.31. The number of aryl methyl sites for hydroxylation is 1. The van der Waals surface area contributed by atoms with Crippen LogP contribution in [0.5, 0.6) is 0 Å². The van der Waals surface area contributed by atoms with Crippen LogP contribution in [0.2, 0.25) is 0 Å². The molecule has 0 atom stereocenters. The van der Waals surface area contributed by atoms with Crippen molar-refractivity contribution in [1.82, 2.24) is 19.6 Å². The summed E-state index contributed by atoms with van der Waals surface area (Å²) in [7, 11) is 1.84. The van der Waals surface area contributed by atoms with Crippen LogP contribution in [-0.4, -0.2) is 19.6 Å². The third kappa shape index (κ3) is 2.60. The molecule has 0 fully saturated rings. The highest BCUT2D eigenvalue weighted by Crippen LogP contribution is 2.29. The smallest absolute Gasteiger partial charge is 0.171 e. The third-order valence-electron chi connectivity index (χ3n) is 3.20. The number of aromatic nitrogens is 4. The topological polar surface area (TPSA) is 59.4 Å². The first-order valence-corrected chi connectivity index (χ1v) is 7.17. The maximum atomic E-state index is 9.31. The average Bonchev–Trinajstić information content (AvgIpc) is 3.03. The van der Waals surface area contributed by atoms with Crippen LogP contribution in [0.4, 0.5) is 0 Å². The molecule has 21 heavy (non-hydrogen) atoms. The summed E-state index contributed by atoms with van der Waals surface area (Å²) in [5, 5.41) is 17.8. The van der Waals surface area contributed by atoms with Gasteiger partial charge in [-0.3, -0.25) is 9.36 Å². The highest BCUT2D eigenvalue weighted by atomic mass is 79.9. The van der Waals surface area contributed by atoms with Crippen molar-refractivity contribution >= 4 is 15.9 Å². The Morgan fingerprint density at radius 1 is 1.29 bits per heavy atom. The Hall–Kier alpha value is -2.39. The predicted octanol–water partition coefficient (Wildman–Crippen LogP) is 2.97. The molecule has 0 radical (unpaired) electrons. The van der Waals surface area contributed by atoms with Crippen molar-refractivity contribution in [2.45, 2.75) is 6.54 Å². The Bertz CT molecular complexity index is 791. The van der Waals surface area contributed by atoms with E-state index < -0.39 is 0 Å². The number of rotatable bonds is 3. The Balaban J connectivity index is 2.02. The van der Waals surface area contributed by atoms with Gasteiger partial charge in [0.2, 0.25) is 0 Å². The van der Waals surface area contributed by atoms with Crippen LogP contribution in [0, 0.1) is 11.3 Å². The molecule has 0 N–H and O–H groups in total. The summed E-state index contributed by atoms with van der Waals surface area (Å²) in [6, 6.07) is 12.2. The second kappa shape index (κ2) is 5.54.